The van der Waals surface area contributed by atoms with Gasteiger partial charge in [0, 0.05) is 30.2 Å². The molecule has 1 aliphatic rings. The van der Waals surface area contributed by atoms with Gasteiger partial charge in [-0.1, -0.05) is 23.7 Å². The summed E-state index contributed by atoms with van der Waals surface area (Å²) in [6.45, 7) is 6.19. The van der Waals surface area contributed by atoms with Crippen molar-refractivity contribution in [1.29, 1.82) is 0 Å². The molecule has 1 heterocycles. The molecule has 134 valence electrons. The number of amides is 1. The van der Waals surface area contributed by atoms with Gasteiger partial charge >= 0.3 is 0 Å². The van der Waals surface area contributed by atoms with Gasteiger partial charge in [0.15, 0.2) is 0 Å². The number of halogens is 1. The maximum absolute atomic E-state index is 13.0. The molecule has 0 spiro atoms. The van der Waals surface area contributed by atoms with E-state index >= 15 is 0 Å². The van der Waals surface area contributed by atoms with E-state index < -0.39 is 0 Å². The first-order valence-electron chi connectivity index (χ1n) is 8.94. The van der Waals surface area contributed by atoms with Crippen molar-refractivity contribution in [2.75, 3.05) is 0 Å². The molecule has 0 radical (unpaired) electrons. The van der Waals surface area contributed by atoms with Crippen LogP contribution in [-0.2, 0) is 18.3 Å². The van der Waals surface area contributed by atoms with Gasteiger partial charge in [-0.25, -0.2) is 0 Å². The number of benzene rings is 1. The fourth-order valence-corrected chi connectivity index (χ4v) is 3.66. The first-order valence-corrected chi connectivity index (χ1v) is 9.32. The zero-order chi connectivity index (χ0) is 18.1. The molecule has 1 amide bonds. The summed E-state index contributed by atoms with van der Waals surface area (Å²) in [4.78, 5) is 15.1. The molecule has 3 rings (SSSR count). The van der Waals surface area contributed by atoms with E-state index in [4.69, 9.17) is 11.6 Å². The Kier molecular flexibility index (Phi) is 5.19. The summed E-state index contributed by atoms with van der Waals surface area (Å²) in [7, 11) is 1.95. The van der Waals surface area contributed by atoms with E-state index in [1.807, 2.05) is 42.9 Å². The largest absolute Gasteiger partial charge is 0.333 e. The highest BCUT2D eigenvalue weighted by Crippen LogP contribution is 2.35. The lowest BCUT2D eigenvalue weighted by atomic mass is 10.0. The Morgan fingerprint density at radius 2 is 1.96 bits per heavy atom. The minimum Gasteiger partial charge on any atom is -0.333 e. The second-order valence-corrected chi connectivity index (χ2v) is 7.47. The zero-order valence-corrected chi connectivity index (χ0v) is 16.2. The molecule has 1 fully saturated rings. The average Bonchev–Trinajstić information content (AvgIpc) is 3.36. The Balaban J connectivity index is 1.72. The first kappa shape index (κ1) is 18.0. The molecule has 4 nitrogen and oxygen atoms in total. The number of carbonyl (C=O) groups is 1. The van der Waals surface area contributed by atoms with Crippen molar-refractivity contribution >= 4 is 17.5 Å². The van der Waals surface area contributed by atoms with Crippen LogP contribution in [0.5, 0.6) is 0 Å². The number of nitrogens with zero attached hydrogens (tertiary/aromatic N) is 3. The Labute approximate surface area is 154 Å². The molecule has 1 aliphatic carbocycles. The predicted octanol–water partition coefficient (Wildman–Crippen LogP) is 4.38. The van der Waals surface area contributed by atoms with Crippen LogP contribution in [0.3, 0.4) is 0 Å². The van der Waals surface area contributed by atoms with Crippen molar-refractivity contribution in [2.24, 2.45) is 7.05 Å². The van der Waals surface area contributed by atoms with Crippen LogP contribution in [0.4, 0.5) is 0 Å². The van der Waals surface area contributed by atoms with Crippen molar-refractivity contribution in [3.05, 3.63) is 51.8 Å². The van der Waals surface area contributed by atoms with E-state index in [0.29, 0.717) is 12.5 Å². The lowest BCUT2D eigenvalue weighted by Crippen LogP contribution is -2.35. The molecule has 25 heavy (non-hydrogen) atoms. The highest BCUT2D eigenvalue weighted by atomic mass is 35.5. The molecule has 0 bridgehead atoms. The number of carbonyl (C=O) groups excluding carboxylic acids is 1. The number of hydrogen-bond donors (Lipinski definition) is 0. The lowest BCUT2D eigenvalue weighted by Gasteiger charge is -2.30. The van der Waals surface area contributed by atoms with Crippen LogP contribution >= 0.6 is 11.6 Å². The van der Waals surface area contributed by atoms with Gasteiger partial charge in [0.1, 0.15) is 0 Å². The SMILES string of the molecule is Cc1nn(C)c(C)c1CCC(=O)N(C1CC1)C(C)c1ccc(Cl)cc1. The minimum atomic E-state index is 0.0772. The van der Waals surface area contributed by atoms with Crippen molar-refractivity contribution in [3.63, 3.8) is 0 Å². The Bertz CT molecular complexity index is 762. The number of aryl methyl sites for hydroxylation is 2. The van der Waals surface area contributed by atoms with E-state index in [0.717, 1.165) is 41.2 Å². The molecule has 1 saturated carbocycles. The number of rotatable bonds is 6. The van der Waals surface area contributed by atoms with E-state index in [1.54, 1.807) is 0 Å². The highest BCUT2D eigenvalue weighted by molar-refractivity contribution is 6.30. The summed E-state index contributed by atoms with van der Waals surface area (Å²) in [5.41, 5.74) is 4.51. The van der Waals surface area contributed by atoms with Gasteiger partial charge in [-0.05, 0) is 63.3 Å². The third kappa shape index (κ3) is 3.90. The van der Waals surface area contributed by atoms with Crippen LogP contribution in [0, 0.1) is 13.8 Å². The fraction of sp³-hybridized carbons (Fsp3) is 0.500. The second kappa shape index (κ2) is 7.20. The molecule has 1 aromatic heterocycles. The van der Waals surface area contributed by atoms with Gasteiger partial charge < -0.3 is 4.90 Å². The summed E-state index contributed by atoms with van der Waals surface area (Å²) in [6.07, 6.45) is 3.49. The Morgan fingerprint density at radius 1 is 1.32 bits per heavy atom. The Hall–Kier alpha value is -1.81. The molecule has 1 aromatic carbocycles. The van der Waals surface area contributed by atoms with Gasteiger partial charge in [-0.2, -0.15) is 5.10 Å². The van der Waals surface area contributed by atoms with Gasteiger partial charge in [0.2, 0.25) is 5.91 Å². The van der Waals surface area contributed by atoms with Crippen LogP contribution in [0.2, 0.25) is 5.02 Å². The quantitative estimate of drug-likeness (QED) is 0.767. The zero-order valence-electron chi connectivity index (χ0n) is 15.4. The van der Waals surface area contributed by atoms with E-state index in [1.165, 1.54) is 5.56 Å². The van der Waals surface area contributed by atoms with Gasteiger partial charge in [0.05, 0.1) is 11.7 Å². The summed E-state index contributed by atoms with van der Waals surface area (Å²) >= 11 is 5.99. The molecule has 0 aliphatic heterocycles. The molecule has 1 unspecified atom stereocenters. The molecular formula is C20H26ClN3O. The third-order valence-corrected chi connectivity index (χ3v) is 5.50. The smallest absolute Gasteiger partial charge is 0.223 e. The number of hydrogen-bond acceptors (Lipinski definition) is 2. The van der Waals surface area contributed by atoms with Gasteiger partial charge in [0.25, 0.3) is 0 Å². The van der Waals surface area contributed by atoms with Crippen LogP contribution in [-0.4, -0.2) is 26.6 Å². The van der Waals surface area contributed by atoms with Crippen molar-refractivity contribution in [3.8, 4) is 0 Å². The maximum Gasteiger partial charge on any atom is 0.223 e. The number of aromatic nitrogens is 2. The summed E-state index contributed by atoms with van der Waals surface area (Å²) in [6, 6.07) is 8.29. The van der Waals surface area contributed by atoms with Crippen LogP contribution < -0.4 is 0 Å². The molecule has 0 N–H and O–H groups in total. The maximum atomic E-state index is 13.0. The van der Waals surface area contributed by atoms with Crippen molar-refractivity contribution in [1.82, 2.24) is 14.7 Å². The molecular weight excluding hydrogens is 334 g/mol. The van der Waals surface area contributed by atoms with Crippen LogP contribution in [0.1, 0.15) is 54.7 Å². The summed E-state index contributed by atoms with van der Waals surface area (Å²) in [5.74, 6) is 0.229. The minimum absolute atomic E-state index is 0.0772. The summed E-state index contributed by atoms with van der Waals surface area (Å²) < 4.78 is 1.89. The third-order valence-electron chi connectivity index (χ3n) is 5.25. The highest BCUT2D eigenvalue weighted by Gasteiger charge is 2.36. The summed E-state index contributed by atoms with van der Waals surface area (Å²) in [5, 5.41) is 5.18. The molecule has 2 aromatic rings. The standard InChI is InChI=1S/C20H26ClN3O/c1-13-19(15(3)23(4)22-13)11-12-20(25)24(18-9-10-18)14(2)16-5-7-17(21)8-6-16/h5-8,14,18H,9-12H2,1-4H3. The lowest BCUT2D eigenvalue weighted by molar-refractivity contribution is -0.134. The average molecular weight is 360 g/mol. The molecule has 5 heteroatoms. The topological polar surface area (TPSA) is 38.1 Å². The normalized spacial score (nSPS) is 15.2. The monoisotopic (exact) mass is 359 g/mol. The van der Waals surface area contributed by atoms with E-state index in [-0.39, 0.29) is 11.9 Å². The fourth-order valence-electron chi connectivity index (χ4n) is 3.53. The van der Waals surface area contributed by atoms with Crippen LogP contribution in [0.15, 0.2) is 24.3 Å². The molecule has 0 saturated heterocycles. The predicted molar refractivity (Wildman–Crippen MR) is 101 cm³/mol. The van der Waals surface area contributed by atoms with Crippen molar-refractivity contribution in [2.45, 2.75) is 58.5 Å². The molecule has 1 atom stereocenters. The van der Waals surface area contributed by atoms with Gasteiger partial charge in [-0.15, -0.1) is 0 Å². The Morgan fingerprint density at radius 3 is 2.48 bits per heavy atom. The second-order valence-electron chi connectivity index (χ2n) is 7.03. The van der Waals surface area contributed by atoms with Crippen molar-refractivity contribution < 1.29 is 4.79 Å². The van der Waals surface area contributed by atoms with E-state index in [2.05, 4.69) is 23.8 Å². The van der Waals surface area contributed by atoms with E-state index in [9.17, 15) is 4.79 Å². The van der Waals surface area contributed by atoms with Gasteiger partial charge in [-0.3, -0.25) is 9.48 Å². The first-order chi connectivity index (χ1) is 11.9. The van der Waals surface area contributed by atoms with Crippen LogP contribution in [0.25, 0.3) is 0 Å².